The van der Waals surface area contributed by atoms with Gasteiger partial charge in [-0.2, -0.15) is 0 Å². The number of para-hydroxylation sites is 1. The molecule has 0 aliphatic heterocycles. The highest BCUT2D eigenvalue weighted by Gasteiger charge is 2.19. The molecule has 0 aromatic heterocycles. The van der Waals surface area contributed by atoms with E-state index in [1.165, 1.54) is 0 Å². The Morgan fingerprint density at radius 3 is 2.47 bits per heavy atom. The standard InChI is InChI=1S/C15H15O3P/c1-3-19(16,17)18-15-12(2)8-7-11-14(15)13-9-5-4-6-10-13/h3-11H,1H2,2H3,(H,16,17). The van der Waals surface area contributed by atoms with E-state index in [-0.39, 0.29) is 0 Å². The molecule has 0 radical (unpaired) electrons. The van der Waals surface area contributed by atoms with E-state index in [1.807, 2.05) is 55.5 Å². The van der Waals surface area contributed by atoms with Crippen molar-refractivity contribution >= 4 is 7.60 Å². The van der Waals surface area contributed by atoms with E-state index in [2.05, 4.69) is 6.58 Å². The quantitative estimate of drug-likeness (QED) is 0.842. The zero-order valence-electron chi connectivity index (χ0n) is 10.6. The molecule has 0 fully saturated rings. The van der Waals surface area contributed by atoms with Crippen LogP contribution in [-0.4, -0.2) is 4.89 Å². The summed E-state index contributed by atoms with van der Waals surface area (Å²) in [6.45, 7) is 5.16. The van der Waals surface area contributed by atoms with Gasteiger partial charge in [0.05, 0.1) is 0 Å². The SMILES string of the molecule is C=CP(=O)(O)Oc1c(C)cccc1-c1ccccc1. The fourth-order valence-electron chi connectivity index (χ4n) is 1.79. The van der Waals surface area contributed by atoms with E-state index in [0.29, 0.717) is 5.75 Å². The molecule has 98 valence electrons. The molecule has 0 amide bonds. The maximum absolute atomic E-state index is 11.7. The van der Waals surface area contributed by atoms with Crippen LogP contribution in [-0.2, 0) is 4.57 Å². The van der Waals surface area contributed by atoms with Crippen molar-refractivity contribution < 1.29 is 14.0 Å². The molecule has 3 nitrogen and oxygen atoms in total. The average molecular weight is 274 g/mol. The lowest BCUT2D eigenvalue weighted by atomic mass is 10.0. The Balaban J connectivity index is 2.54. The molecule has 1 unspecified atom stereocenters. The highest BCUT2D eigenvalue weighted by molar-refractivity contribution is 7.56. The summed E-state index contributed by atoms with van der Waals surface area (Å²) in [5, 5.41) is 0. The van der Waals surface area contributed by atoms with Crippen LogP contribution >= 0.6 is 7.60 Å². The highest BCUT2D eigenvalue weighted by atomic mass is 31.2. The summed E-state index contributed by atoms with van der Waals surface area (Å²) in [4.78, 5) is 9.59. The van der Waals surface area contributed by atoms with Gasteiger partial charge in [0.1, 0.15) is 5.75 Å². The first-order chi connectivity index (χ1) is 9.03. The van der Waals surface area contributed by atoms with Gasteiger partial charge < -0.3 is 9.42 Å². The van der Waals surface area contributed by atoms with Crippen molar-refractivity contribution in [3.05, 3.63) is 66.5 Å². The Hall–Kier alpha value is -1.83. The number of benzene rings is 2. The van der Waals surface area contributed by atoms with Gasteiger partial charge in [-0.3, -0.25) is 0 Å². The Bertz CT molecular complexity index is 635. The third-order valence-electron chi connectivity index (χ3n) is 2.75. The number of hydrogen-bond acceptors (Lipinski definition) is 2. The Labute approximate surface area is 112 Å². The Kier molecular flexibility index (Phi) is 3.89. The van der Waals surface area contributed by atoms with Crippen molar-refractivity contribution in [3.8, 4) is 16.9 Å². The lowest BCUT2D eigenvalue weighted by Crippen LogP contribution is -1.94. The molecule has 0 aliphatic rings. The van der Waals surface area contributed by atoms with Gasteiger partial charge >= 0.3 is 7.60 Å². The van der Waals surface area contributed by atoms with Crippen LogP contribution in [0.1, 0.15) is 5.56 Å². The lowest BCUT2D eigenvalue weighted by molar-refractivity contribution is 0.392. The van der Waals surface area contributed by atoms with Crippen LogP contribution < -0.4 is 4.52 Å². The first kappa shape index (κ1) is 13.6. The molecule has 19 heavy (non-hydrogen) atoms. The van der Waals surface area contributed by atoms with Gasteiger partial charge in [0.15, 0.2) is 0 Å². The predicted molar refractivity (Wildman–Crippen MR) is 77.3 cm³/mol. The summed E-state index contributed by atoms with van der Waals surface area (Å²) in [6, 6.07) is 15.2. The molecule has 4 heteroatoms. The van der Waals surface area contributed by atoms with Crippen LogP contribution in [0, 0.1) is 6.92 Å². The van der Waals surface area contributed by atoms with Crippen LogP contribution in [0.3, 0.4) is 0 Å². The summed E-state index contributed by atoms with van der Waals surface area (Å²) in [6.07, 6.45) is 0. The second kappa shape index (κ2) is 5.43. The largest absolute Gasteiger partial charge is 0.421 e. The molecule has 0 saturated carbocycles. The molecule has 0 heterocycles. The minimum absolute atomic E-state index is 0.416. The van der Waals surface area contributed by atoms with E-state index in [4.69, 9.17) is 4.52 Å². The highest BCUT2D eigenvalue weighted by Crippen LogP contribution is 2.47. The molecule has 0 saturated heterocycles. The average Bonchev–Trinajstić information content (AvgIpc) is 2.42. The fraction of sp³-hybridized carbons (Fsp3) is 0.0667. The molecule has 2 aromatic carbocycles. The molecule has 0 spiro atoms. The molecule has 2 aromatic rings. The first-order valence-electron chi connectivity index (χ1n) is 5.84. The molecular weight excluding hydrogens is 259 g/mol. The number of rotatable bonds is 4. The first-order valence-corrected chi connectivity index (χ1v) is 7.49. The van der Waals surface area contributed by atoms with Gasteiger partial charge in [-0.15, -0.1) is 0 Å². The van der Waals surface area contributed by atoms with Gasteiger partial charge in [0.2, 0.25) is 0 Å². The van der Waals surface area contributed by atoms with E-state index in [1.54, 1.807) is 0 Å². The summed E-state index contributed by atoms with van der Waals surface area (Å²) in [5.74, 6) is 1.35. The van der Waals surface area contributed by atoms with E-state index in [9.17, 15) is 9.46 Å². The van der Waals surface area contributed by atoms with Crippen LogP contribution in [0.25, 0.3) is 11.1 Å². The van der Waals surface area contributed by atoms with Crippen molar-refractivity contribution in [3.63, 3.8) is 0 Å². The summed E-state index contributed by atoms with van der Waals surface area (Å²) >= 11 is 0. The van der Waals surface area contributed by atoms with E-state index >= 15 is 0 Å². The second-order valence-corrected chi connectivity index (χ2v) is 5.83. The number of aryl methyl sites for hydroxylation is 1. The molecule has 2 rings (SSSR count). The Morgan fingerprint density at radius 1 is 1.16 bits per heavy atom. The monoisotopic (exact) mass is 274 g/mol. The zero-order valence-corrected chi connectivity index (χ0v) is 11.5. The minimum Gasteiger partial charge on any atom is -0.421 e. The maximum atomic E-state index is 11.7. The smallest absolute Gasteiger partial charge is 0.400 e. The third-order valence-corrected chi connectivity index (χ3v) is 3.66. The lowest BCUT2D eigenvalue weighted by Gasteiger charge is -2.16. The molecule has 1 atom stereocenters. The normalized spacial score (nSPS) is 13.6. The van der Waals surface area contributed by atoms with Gasteiger partial charge in [-0.05, 0) is 18.1 Å². The van der Waals surface area contributed by atoms with E-state index in [0.717, 1.165) is 22.5 Å². The fourth-order valence-corrected chi connectivity index (χ4v) is 2.37. The van der Waals surface area contributed by atoms with Crippen molar-refractivity contribution in [1.29, 1.82) is 0 Å². The molecule has 0 bridgehead atoms. The van der Waals surface area contributed by atoms with Crippen molar-refractivity contribution in [2.75, 3.05) is 0 Å². The second-order valence-electron chi connectivity index (χ2n) is 4.16. The molecule has 1 N–H and O–H groups in total. The van der Waals surface area contributed by atoms with Gasteiger partial charge in [-0.25, -0.2) is 4.57 Å². The summed E-state index contributed by atoms with van der Waals surface area (Å²) in [5.41, 5.74) is 2.53. The van der Waals surface area contributed by atoms with Crippen molar-refractivity contribution in [2.45, 2.75) is 6.92 Å². The van der Waals surface area contributed by atoms with Gasteiger partial charge in [0.25, 0.3) is 0 Å². The summed E-state index contributed by atoms with van der Waals surface area (Å²) in [7, 11) is -3.81. The van der Waals surface area contributed by atoms with Crippen LogP contribution in [0.2, 0.25) is 0 Å². The predicted octanol–water partition coefficient (Wildman–Crippen LogP) is 4.37. The van der Waals surface area contributed by atoms with Crippen molar-refractivity contribution in [2.24, 2.45) is 0 Å². The summed E-state index contributed by atoms with van der Waals surface area (Å²) < 4.78 is 17.0. The van der Waals surface area contributed by atoms with Crippen LogP contribution in [0.4, 0.5) is 0 Å². The van der Waals surface area contributed by atoms with Crippen LogP contribution in [0.5, 0.6) is 5.75 Å². The van der Waals surface area contributed by atoms with Gasteiger partial charge in [0, 0.05) is 11.4 Å². The van der Waals surface area contributed by atoms with E-state index < -0.39 is 7.60 Å². The molecular formula is C15H15O3P. The maximum Gasteiger partial charge on any atom is 0.400 e. The molecule has 0 aliphatic carbocycles. The van der Waals surface area contributed by atoms with Gasteiger partial charge in [-0.1, -0.05) is 55.1 Å². The van der Waals surface area contributed by atoms with Crippen molar-refractivity contribution in [1.82, 2.24) is 0 Å². The minimum atomic E-state index is -3.81. The van der Waals surface area contributed by atoms with Crippen LogP contribution in [0.15, 0.2) is 60.9 Å². The Morgan fingerprint density at radius 2 is 1.84 bits per heavy atom. The topological polar surface area (TPSA) is 46.5 Å². The zero-order chi connectivity index (χ0) is 13.9. The number of hydrogen-bond donors (Lipinski definition) is 1. The third kappa shape index (κ3) is 3.14.